The van der Waals surface area contributed by atoms with Crippen LogP contribution in [0.25, 0.3) is 0 Å². The average Bonchev–Trinajstić information content (AvgIpc) is 3.31. The lowest BCUT2D eigenvalue weighted by atomic mass is 10.3. The lowest BCUT2D eigenvalue weighted by Crippen LogP contribution is -2.27. The number of ether oxygens (including phenoxy) is 1. The molecule has 1 N–H and O–H groups in total. The van der Waals surface area contributed by atoms with E-state index < -0.39 is 4.92 Å². The number of benzene rings is 1. The van der Waals surface area contributed by atoms with Gasteiger partial charge in [0.1, 0.15) is 30.5 Å². The Morgan fingerprint density at radius 1 is 1.30 bits per heavy atom. The summed E-state index contributed by atoms with van der Waals surface area (Å²) in [6.45, 7) is 0.759. The summed E-state index contributed by atoms with van der Waals surface area (Å²) in [4.78, 5) is 22.2. The average molecular weight is 435 g/mol. The first kappa shape index (κ1) is 18.6. The zero-order chi connectivity index (χ0) is 19.2. The fraction of sp³-hybridized carbons (Fsp3) is 0.176. The van der Waals surface area contributed by atoms with Gasteiger partial charge in [0.25, 0.3) is 5.91 Å². The van der Waals surface area contributed by atoms with Crippen molar-refractivity contribution in [1.29, 1.82) is 0 Å². The van der Waals surface area contributed by atoms with E-state index in [1.54, 1.807) is 12.1 Å². The van der Waals surface area contributed by atoms with Crippen molar-refractivity contribution in [2.75, 3.05) is 6.54 Å². The maximum absolute atomic E-state index is 12.1. The monoisotopic (exact) mass is 434 g/mol. The van der Waals surface area contributed by atoms with E-state index in [-0.39, 0.29) is 30.5 Å². The molecule has 0 bridgehead atoms. The highest BCUT2D eigenvalue weighted by atomic mass is 79.9. The van der Waals surface area contributed by atoms with Crippen LogP contribution in [-0.2, 0) is 13.2 Å². The number of amides is 1. The zero-order valence-corrected chi connectivity index (χ0v) is 15.6. The fourth-order valence-corrected chi connectivity index (χ4v) is 2.47. The van der Waals surface area contributed by atoms with Crippen molar-refractivity contribution in [2.45, 2.75) is 13.2 Å². The van der Waals surface area contributed by atoms with Gasteiger partial charge in [-0.2, -0.15) is 5.10 Å². The first-order valence-electron chi connectivity index (χ1n) is 7.93. The van der Waals surface area contributed by atoms with E-state index in [0.717, 1.165) is 10.7 Å². The summed E-state index contributed by atoms with van der Waals surface area (Å²) in [6, 6.07) is 10.6. The molecule has 1 aromatic carbocycles. The van der Waals surface area contributed by atoms with Gasteiger partial charge in [-0.15, -0.1) is 0 Å². The number of hydrogen-bond donors (Lipinski definition) is 1. The van der Waals surface area contributed by atoms with Crippen molar-refractivity contribution in [1.82, 2.24) is 15.1 Å². The summed E-state index contributed by atoms with van der Waals surface area (Å²) < 4.78 is 13.4. The van der Waals surface area contributed by atoms with Gasteiger partial charge in [0.2, 0.25) is 0 Å². The van der Waals surface area contributed by atoms with Crippen molar-refractivity contribution in [3.8, 4) is 5.75 Å². The van der Waals surface area contributed by atoms with Crippen molar-refractivity contribution in [3.05, 3.63) is 74.9 Å². The first-order chi connectivity index (χ1) is 13.0. The van der Waals surface area contributed by atoms with Crippen LogP contribution in [0.2, 0.25) is 0 Å². The Balaban J connectivity index is 1.46. The number of carbonyl (C=O) groups is 1. The van der Waals surface area contributed by atoms with Crippen molar-refractivity contribution in [2.24, 2.45) is 0 Å². The zero-order valence-electron chi connectivity index (χ0n) is 14.0. The van der Waals surface area contributed by atoms with Gasteiger partial charge in [-0.25, -0.2) is 0 Å². The molecular weight excluding hydrogens is 420 g/mol. The molecule has 2 aromatic heterocycles. The Kier molecular flexibility index (Phi) is 5.87. The highest BCUT2D eigenvalue weighted by molar-refractivity contribution is 9.10. The standard InChI is InChI=1S/C17H15BrN4O5/c18-12-1-3-14(4-2-12)26-11-15-5-6-16(27-15)17(23)19-7-8-21-10-13(9-20-21)22(24)25/h1-6,9-10H,7-8,11H2,(H,19,23). The van der Waals surface area contributed by atoms with Crippen molar-refractivity contribution in [3.63, 3.8) is 0 Å². The third kappa shape index (κ3) is 5.17. The van der Waals surface area contributed by atoms with Gasteiger partial charge in [0.15, 0.2) is 5.76 Å². The van der Waals surface area contributed by atoms with Crippen LogP contribution in [0.3, 0.4) is 0 Å². The second-order valence-corrected chi connectivity index (χ2v) is 6.40. The van der Waals surface area contributed by atoms with Crippen LogP contribution in [0.1, 0.15) is 16.3 Å². The topological polar surface area (TPSA) is 112 Å². The first-order valence-corrected chi connectivity index (χ1v) is 8.73. The van der Waals surface area contributed by atoms with E-state index in [9.17, 15) is 14.9 Å². The molecule has 3 rings (SSSR count). The maximum Gasteiger partial charge on any atom is 0.306 e. The van der Waals surface area contributed by atoms with Gasteiger partial charge >= 0.3 is 5.69 Å². The van der Waals surface area contributed by atoms with Crippen LogP contribution in [0.5, 0.6) is 5.75 Å². The van der Waals surface area contributed by atoms with Crippen LogP contribution in [0.4, 0.5) is 5.69 Å². The molecule has 3 aromatic rings. The molecule has 0 aliphatic rings. The lowest BCUT2D eigenvalue weighted by molar-refractivity contribution is -0.385. The predicted molar refractivity (Wildman–Crippen MR) is 98.4 cm³/mol. The summed E-state index contributed by atoms with van der Waals surface area (Å²) in [5, 5.41) is 17.1. The Hall–Kier alpha value is -3.14. The molecule has 0 aliphatic heterocycles. The minimum Gasteiger partial charge on any atom is -0.486 e. The van der Waals surface area contributed by atoms with Gasteiger partial charge in [-0.1, -0.05) is 15.9 Å². The number of nitrogens with zero attached hydrogens (tertiary/aromatic N) is 3. The third-order valence-corrected chi connectivity index (χ3v) is 4.07. The summed E-state index contributed by atoms with van der Waals surface area (Å²) in [5.41, 5.74) is -0.0947. The van der Waals surface area contributed by atoms with E-state index >= 15 is 0 Å². The molecule has 0 saturated heterocycles. The summed E-state index contributed by atoms with van der Waals surface area (Å²) in [7, 11) is 0. The maximum atomic E-state index is 12.1. The van der Waals surface area contributed by atoms with Gasteiger partial charge in [-0.05, 0) is 36.4 Å². The summed E-state index contributed by atoms with van der Waals surface area (Å²) in [6.07, 6.45) is 2.46. The molecule has 27 heavy (non-hydrogen) atoms. The Labute approximate surface area is 162 Å². The van der Waals surface area contributed by atoms with E-state index in [4.69, 9.17) is 9.15 Å². The highest BCUT2D eigenvalue weighted by Gasteiger charge is 2.12. The molecule has 0 spiro atoms. The van der Waals surface area contributed by atoms with E-state index in [2.05, 4.69) is 26.3 Å². The number of nitro groups is 1. The smallest absolute Gasteiger partial charge is 0.306 e. The molecule has 9 nitrogen and oxygen atoms in total. The van der Waals surface area contributed by atoms with Crippen LogP contribution in [-0.4, -0.2) is 27.2 Å². The van der Waals surface area contributed by atoms with E-state index in [1.807, 2.05) is 24.3 Å². The van der Waals surface area contributed by atoms with E-state index in [0.29, 0.717) is 18.1 Å². The summed E-state index contributed by atoms with van der Waals surface area (Å²) >= 11 is 3.35. The minimum atomic E-state index is -0.525. The molecule has 0 fully saturated rings. The van der Waals surface area contributed by atoms with Gasteiger partial charge < -0.3 is 14.5 Å². The SMILES string of the molecule is O=C(NCCn1cc([N+](=O)[O-])cn1)c1ccc(COc2ccc(Br)cc2)o1. The van der Waals surface area contributed by atoms with Crippen molar-refractivity contribution >= 4 is 27.5 Å². The molecule has 0 atom stereocenters. The highest BCUT2D eigenvalue weighted by Crippen LogP contribution is 2.18. The predicted octanol–water partition coefficient (Wildman–Crippen LogP) is 3.16. The Morgan fingerprint density at radius 2 is 2.07 bits per heavy atom. The third-order valence-electron chi connectivity index (χ3n) is 3.54. The number of rotatable bonds is 8. The number of hydrogen-bond acceptors (Lipinski definition) is 6. The number of furan rings is 1. The molecule has 10 heteroatoms. The molecule has 0 radical (unpaired) electrons. The minimum absolute atomic E-state index is 0.0947. The lowest BCUT2D eigenvalue weighted by Gasteiger charge is -2.04. The van der Waals surface area contributed by atoms with Gasteiger partial charge in [0, 0.05) is 11.0 Å². The molecule has 1 amide bonds. The Bertz CT molecular complexity index is 935. The van der Waals surface area contributed by atoms with E-state index in [1.165, 1.54) is 10.9 Å². The van der Waals surface area contributed by atoms with Gasteiger partial charge in [0.05, 0.1) is 11.5 Å². The van der Waals surface area contributed by atoms with Crippen LogP contribution in [0.15, 0.2) is 57.7 Å². The second kappa shape index (κ2) is 8.49. The molecule has 0 unspecified atom stereocenters. The largest absolute Gasteiger partial charge is 0.486 e. The summed E-state index contributed by atoms with van der Waals surface area (Å²) in [5.74, 6) is 0.988. The number of nitrogens with one attached hydrogen (secondary N) is 1. The van der Waals surface area contributed by atoms with Crippen LogP contribution < -0.4 is 10.1 Å². The normalized spacial score (nSPS) is 10.6. The molecule has 140 valence electrons. The fourth-order valence-electron chi connectivity index (χ4n) is 2.20. The number of halogens is 1. The van der Waals surface area contributed by atoms with Gasteiger partial charge in [-0.3, -0.25) is 19.6 Å². The molecular formula is C17H15BrN4O5. The van der Waals surface area contributed by atoms with Crippen LogP contribution in [0, 0.1) is 10.1 Å². The number of aromatic nitrogens is 2. The molecule has 0 saturated carbocycles. The second-order valence-electron chi connectivity index (χ2n) is 5.48. The van der Waals surface area contributed by atoms with Crippen LogP contribution >= 0.6 is 15.9 Å². The molecule has 2 heterocycles. The molecule has 0 aliphatic carbocycles. The number of carbonyl (C=O) groups excluding carboxylic acids is 1. The van der Waals surface area contributed by atoms with Crippen molar-refractivity contribution < 1.29 is 18.9 Å². The Morgan fingerprint density at radius 3 is 2.78 bits per heavy atom. The quantitative estimate of drug-likeness (QED) is 0.430.